The summed E-state index contributed by atoms with van der Waals surface area (Å²) < 4.78 is 0. The van der Waals surface area contributed by atoms with E-state index in [9.17, 15) is 4.79 Å². The molecule has 3 aromatic rings. The van der Waals surface area contributed by atoms with Crippen molar-refractivity contribution in [3.05, 3.63) is 75.6 Å². The first-order valence-electron chi connectivity index (χ1n) is 8.75. The molecule has 0 aliphatic rings. The van der Waals surface area contributed by atoms with Crippen LogP contribution in [0.25, 0.3) is 17.3 Å². The van der Waals surface area contributed by atoms with Crippen LogP contribution >= 0.6 is 22.9 Å². The third kappa shape index (κ3) is 5.06. The molecule has 0 fully saturated rings. The van der Waals surface area contributed by atoms with E-state index >= 15 is 0 Å². The largest absolute Gasteiger partial charge is 0.298 e. The number of thiazole rings is 1. The Kier molecular flexibility index (Phi) is 6.09. The number of aromatic nitrogens is 1. The van der Waals surface area contributed by atoms with E-state index in [0.29, 0.717) is 16.1 Å². The molecule has 0 aliphatic carbocycles. The van der Waals surface area contributed by atoms with Gasteiger partial charge in [-0.25, -0.2) is 4.98 Å². The maximum Gasteiger partial charge on any atom is 0.250 e. The average molecular weight is 397 g/mol. The molecule has 1 amide bonds. The Morgan fingerprint density at radius 2 is 1.93 bits per heavy atom. The first-order valence-corrected chi connectivity index (χ1v) is 9.94. The van der Waals surface area contributed by atoms with Gasteiger partial charge < -0.3 is 0 Å². The molecule has 3 rings (SSSR count). The van der Waals surface area contributed by atoms with Gasteiger partial charge in [0.05, 0.1) is 5.69 Å². The number of amides is 1. The summed E-state index contributed by atoms with van der Waals surface area (Å²) in [5, 5.41) is 4.08. The number of benzene rings is 2. The van der Waals surface area contributed by atoms with Crippen LogP contribution in [0.2, 0.25) is 5.02 Å². The number of carbonyl (C=O) groups is 1. The smallest absolute Gasteiger partial charge is 0.250 e. The molecule has 2 aromatic carbocycles. The summed E-state index contributed by atoms with van der Waals surface area (Å²) in [7, 11) is 0. The fourth-order valence-electron chi connectivity index (χ4n) is 2.66. The maximum absolute atomic E-state index is 12.2. The van der Waals surface area contributed by atoms with Crippen molar-refractivity contribution in [2.45, 2.75) is 26.7 Å². The molecule has 0 radical (unpaired) electrons. The summed E-state index contributed by atoms with van der Waals surface area (Å²) in [6.07, 6.45) is 3.33. The van der Waals surface area contributed by atoms with Crippen LogP contribution in [-0.4, -0.2) is 10.9 Å². The Morgan fingerprint density at radius 1 is 1.19 bits per heavy atom. The van der Waals surface area contributed by atoms with Gasteiger partial charge in [-0.15, -0.1) is 11.3 Å². The molecule has 0 aliphatic heterocycles. The van der Waals surface area contributed by atoms with Crippen LogP contribution in [-0.2, 0) is 4.79 Å². The minimum Gasteiger partial charge on any atom is -0.298 e. The van der Waals surface area contributed by atoms with Crippen LogP contribution < -0.4 is 5.32 Å². The summed E-state index contributed by atoms with van der Waals surface area (Å²) in [5.74, 6) is 0.294. The summed E-state index contributed by atoms with van der Waals surface area (Å²) in [4.78, 5) is 17.8. The number of nitrogens with one attached hydrogen (secondary N) is 1. The monoisotopic (exact) mass is 396 g/mol. The minimum atomic E-state index is -0.200. The van der Waals surface area contributed by atoms with Crippen LogP contribution in [0.5, 0.6) is 0 Å². The zero-order valence-corrected chi connectivity index (χ0v) is 17.1. The summed E-state index contributed by atoms with van der Waals surface area (Å²) in [6.45, 7) is 6.30. The SMILES string of the molecule is Cc1sc(NC(=O)/C=C/c2ccc(C(C)C)cc2)nc1-c1cccc(Cl)c1. The van der Waals surface area contributed by atoms with Crippen LogP contribution in [0.3, 0.4) is 0 Å². The topological polar surface area (TPSA) is 42.0 Å². The van der Waals surface area contributed by atoms with Crippen LogP contribution in [0.4, 0.5) is 5.13 Å². The second-order valence-electron chi connectivity index (χ2n) is 6.58. The number of anilines is 1. The van der Waals surface area contributed by atoms with Gasteiger partial charge in [0.25, 0.3) is 0 Å². The highest BCUT2D eigenvalue weighted by Crippen LogP contribution is 2.31. The van der Waals surface area contributed by atoms with Crippen molar-refractivity contribution in [3.63, 3.8) is 0 Å². The Morgan fingerprint density at radius 3 is 2.59 bits per heavy atom. The van der Waals surface area contributed by atoms with Gasteiger partial charge in [-0.3, -0.25) is 10.1 Å². The normalized spacial score (nSPS) is 11.3. The molecule has 0 unspecified atom stereocenters. The van der Waals surface area contributed by atoms with Gasteiger partial charge in [-0.05, 0) is 42.2 Å². The highest BCUT2D eigenvalue weighted by Gasteiger charge is 2.11. The van der Waals surface area contributed by atoms with E-state index in [1.54, 1.807) is 6.08 Å². The quantitative estimate of drug-likeness (QED) is 0.497. The van der Waals surface area contributed by atoms with E-state index in [1.807, 2.05) is 43.3 Å². The molecule has 5 heteroatoms. The van der Waals surface area contributed by atoms with E-state index in [0.717, 1.165) is 21.7 Å². The van der Waals surface area contributed by atoms with Crippen molar-refractivity contribution >= 4 is 40.1 Å². The Balaban J connectivity index is 1.68. The van der Waals surface area contributed by atoms with Gasteiger partial charge in [-0.2, -0.15) is 0 Å². The number of halogens is 1. The van der Waals surface area contributed by atoms with Gasteiger partial charge >= 0.3 is 0 Å². The van der Waals surface area contributed by atoms with E-state index in [-0.39, 0.29) is 5.91 Å². The number of aryl methyl sites for hydroxylation is 1. The van der Waals surface area contributed by atoms with Gasteiger partial charge in [0.1, 0.15) is 0 Å². The lowest BCUT2D eigenvalue weighted by molar-refractivity contribution is -0.111. The molecule has 1 aromatic heterocycles. The summed E-state index contributed by atoms with van der Waals surface area (Å²) >= 11 is 7.51. The molecule has 3 nitrogen and oxygen atoms in total. The second kappa shape index (κ2) is 8.51. The highest BCUT2D eigenvalue weighted by atomic mass is 35.5. The van der Waals surface area contributed by atoms with E-state index in [4.69, 9.17) is 11.6 Å². The zero-order valence-electron chi connectivity index (χ0n) is 15.5. The van der Waals surface area contributed by atoms with Gasteiger partial charge in [0.15, 0.2) is 5.13 Å². The molecule has 0 saturated carbocycles. The molecular weight excluding hydrogens is 376 g/mol. The molecular formula is C22H21ClN2OS. The number of carbonyl (C=O) groups excluding carboxylic acids is 1. The maximum atomic E-state index is 12.2. The van der Waals surface area contributed by atoms with Crippen molar-refractivity contribution in [3.8, 4) is 11.3 Å². The minimum absolute atomic E-state index is 0.200. The van der Waals surface area contributed by atoms with Crippen molar-refractivity contribution < 1.29 is 4.79 Å². The van der Waals surface area contributed by atoms with E-state index in [1.165, 1.54) is 23.0 Å². The highest BCUT2D eigenvalue weighted by molar-refractivity contribution is 7.16. The van der Waals surface area contributed by atoms with Gasteiger partial charge in [0, 0.05) is 21.5 Å². The standard InChI is InChI=1S/C22H21ClN2OS/c1-14(2)17-10-7-16(8-11-17)9-12-20(26)24-22-25-21(15(3)27-22)18-5-4-6-19(23)13-18/h4-14H,1-3H3,(H,24,25,26)/b12-9+. The molecule has 27 heavy (non-hydrogen) atoms. The molecule has 0 saturated heterocycles. The number of rotatable bonds is 5. The van der Waals surface area contributed by atoms with Crippen molar-refractivity contribution in [2.24, 2.45) is 0 Å². The van der Waals surface area contributed by atoms with Crippen LogP contribution in [0.1, 0.15) is 35.8 Å². The first kappa shape index (κ1) is 19.3. The first-order chi connectivity index (χ1) is 12.9. The average Bonchev–Trinajstić information content (AvgIpc) is 3.00. The Labute approximate surface area is 168 Å². The van der Waals surface area contributed by atoms with Crippen LogP contribution in [0.15, 0.2) is 54.6 Å². The fourth-order valence-corrected chi connectivity index (χ4v) is 3.69. The zero-order chi connectivity index (χ0) is 19.4. The van der Waals surface area contributed by atoms with Crippen molar-refractivity contribution in [2.75, 3.05) is 5.32 Å². The van der Waals surface area contributed by atoms with E-state index in [2.05, 4.69) is 36.3 Å². The second-order valence-corrected chi connectivity index (χ2v) is 8.22. The molecule has 1 N–H and O–H groups in total. The molecule has 1 heterocycles. The lowest BCUT2D eigenvalue weighted by Crippen LogP contribution is -2.07. The predicted octanol–water partition coefficient (Wildman–Crippen LogP) is 6.55. The summed E-state index contributed by atoms with van der Waals surface area (Å²) in [6, 6.07) is 15.8. The predicted molar refractivity (Wildman–Crippen MR) is 115 cm³/mol. The Bertz CT molecular complexity index is 974. The number of hydrogen-bond donors (Lipinski definition) is 1. The molecule has 0 spiro atoms. The van der Waals surface area contributed by atoms with Crippen molar-refractivity contribution in [1.82, 2.24) is 4.98 Å². The number of nitrogens with zero attached hydrogens (tertiary/aromatic N) is 1. The molecule has 138 valence electrons. The third-order valence-corrected chi connectivity index (χ3v) is 5.28. The fraction of sp³-hybridized carbons (Fsp3) is 0.182. The Hall–Kier alpha value is -2.43. The summed E-state index contributed by atoms with van der Waals surface area (Å²) in [5.41, 5.74) is 4.05. The van der Waals surface area contributed by atoms with Crippen LogP contribution in [0, 0.1) is 6.92 Å². The van der Waals surface area contributed by atoms with E-state index < -0.39 is 0 Å². The lowest BCUT2D eigenvalue weighted by Gasteiger charge is -2.04. The van der Waals surface area contributed by atoms with Crippen molar-refractivity contribution in [1.29, 1.82) is 0 Å². The molecule has 0 atom stereocenters. The third-order valence-electron chi connectivity index (χ3n) is 4.16. The molecule has 0 bridgehead atoms. The van der Waals surface area contributed by atoms with Gasteiger partial charge in [-0.1, -0.05) is 61.8 Å². The lowest BCUT2D eigenvalue weighted by atomic mass is 10.0. The number of hydrogen-bond acceptors (Lipinski definition) is 3. The van der Waals surface area contributed by atoms with Gasteiger partial charge in [0.2, 0.25) is 5.91 Å².